The zero-order valence-corrected chi connectivity index (χ0v) is 20.3. The van der Waals surface area contributed by atoms with Crippen molar-refractivity contribution in [3.63, 3.8) is 0 Å². The summed E-state index contributed by atoms with van der Waals surface area (Å²) in [6.07, 6.45) is 0.989. The van der Waals surface area contributed by atoms with Gasteiger partial charge < -0.3 is 24.8 Å². The smallest absolute Gasteiger partial charge is 0.226 e. The van der Waals surface area contributed by atoms with E-state index in [9.17, 15) is 4.39 Å². The van der Waals surface area contributed by atoms with E-state index in [1.807, 2.05) is 18.2 Å². The first-order valence-electron chi connectivity index (χ1n) is 11.6. The largest absolute Gasteiger partial charge is 0.497 e. The van der Waals surface area contributed by atoms with E-state index < -0.39 is 5.82 Å². The van der Waals surface area contributed by atoms with E-state index in [4.69, 9.17) is 29.3 Å². The van der Waals surface area contributed by atoms with Crippen LogP contribution in [0, 0.1) is 11.7 Å². The predicted molar refractivity (Wildman–Crippen MR) is 131 cm³/mol. The molecule has 4 aromatic rings. The number of benzene rings is 2. The Morgan fingerprint density at radius 2 is 1.89 bits per heavy atom. The molecule has 3 heterocycles. The number of hydrogen-bond acceptors (Lipinski definition) is 8. The third kappa shape index (κ3) is 4.41. The zero-order chi connectivity index (χ0) is 24.5. The van der Waals surface area contributed by atoms with Crippen molar-refractivity contribution in [2.75, 3.05) is 39.7 Å². The first kappa shape index (κ1) is 23.1. The molecule has 0 spiro atoms. The summed E-state index contributed by atoms with van der Waals surface area (Å²) in [4.78, 5) is 9.60. The highest BCUT2D eigenvalue weighted by atomic mass is 19.1. The number of methoxy groups -OCH3 is 3. The molecular weight excluding hydrogens is 451 g/mol. The Labute approximate surface area is 202 Å². The van der Waals surface area contributed by atoms with Gasteiger partial charge in [-0.15, -0.1) is 5.10 Å². The molecule has 0 unspecified atom stereocenters. The van der Waals surface area contributed by atoms with Crippen LogP contribution in [0.15, 0.2) is 30.3 Å². The summed E-state index contributed by atoms with van der Waals surface area (Å²) in [5, 5.41) is 12.2. The first-order chi connectivity index (χ1) is 17.0. The molecule has 2 aromatic heterocycles. The SMILES string of the molecule is COc1ccc(CNc2nc3cc(OC)c(F)cc3c3nc([C@H]4CNC[C@@H](C)C4)nn23)c(OC)c1. The number of nitrogens with one attached hydrogen (secondary N) is 2. The van der Waals surface area contributed by atoms with E-state index in [-0.39, 0.29) is 11.7 Å². The molecule has 0 saturated carbocycles. The summed E-state index contributed by atoms with van der Waals surface area (Å²) in [5.41, 5.74) is 2.04. The summed E-state index contributed by atoms with van der Waals surface area (Å²) in [6, 6.07) is 8.64. The maximum atomic E-state index is 14.6. The van der Waals surface area contributed by atoms with Crippen LogP contribution >= 0.6 is 0 Å². The number of hydrogen-bond donors (Lipinski definition) is 2. The van der Waals surface area contributed by atoms with Crippen molar-refractivity contribution in [2.45, 2.75) is 25.8 Å². The molecule has 1 aliphatic heterocycles. The molecule has 0 amide bonds. The molecule has 35 heavy (non-hydrogen) atoms. The van der Waals surface area contributed by atoms with Crippen LogP contribution in [0.2, 0.25) is 0 Å². The average Bonchev–Trinajstić information content (AvgIpc) is 3.33. The summed E-state index contributed by atoms with van der Waals surface area (Å²) >= 11 is 0. The molecule has 184 valence electrons. The molecule has 2 atom stereocenters. The lowest BCUT2D eigenvalue weighted by Crippen LogP contribution is -2.34. The number of aromatic nitrogens is 4. The fourth-order valence-corrected chi connectivity index (χ4v) is 4.59. The lowest BCUT2D eigenvalue weighted by molar-refractivity contribution is 0.355. The zero-order valence-electron chi connectivity index (χ0n) is 20.3. The van der Waals surface area contributed by atoms with Crippen LogP contribution in [0.5, 0.6) is 17.2 Å². The molecule has 0 bridgehead atoms. The topological polar surface area (TPSA) is 94.8 Å². The Hall–Kier alpha value is -3.66. The van der Waals surface area contributed by atoms with Gasteiger partial charge in [0.05, 0.1) is 26.8 Å². The Bertz CT molecular complexity index is 1370. The molecular formula is C25H29FN6O3. The minimum atomic E-state index is -0.468. The summed E-state index contributed by atoms with van der Waals surface area (Å²) in [7, 11) is 4.67. The summed E-state index contributed by atoms with van der Waals surface area (Å²) in [5.74, 6) is 2.98. The van der Waals surface area contributed by atoms with Crippen molar-refractivity contribution < 1.29 is 18.6 Å². The van der Waals surface area contributed by atoms with Crippen LogP contribution in [-0.4, -0.2) is 54.0 Å². The van der Waals surface area contributed by atoms with E-state index in [1.165, 1.54) is 13.2 Å². The molecule has 5 rings (SSSR count). The second kappa shape index (κ2) is 9.53. The van der Waals surface area contributed by atoms with Crippen molar-refractivity contribution in [2.24, 2.45) is 5.92 Å². The van der Waals surface area contributed by atoms with Crippen molar-refractivity contribution in [1.29, 1.82) is 0 Å². The van der Waals surface area contributed by atoms with Gasteiger partial charge in [-0.2, -0.15) is 4.52 Å². The van der Waals surface area contributed by atoms with Gasteiger partial charge >= 0.3 is 0 Å². The number of ether oxygens (including phenoxy) is 3. The number of fused-ring (bicyclic) bond motifs is 3. The normalized spacial score (nSPS) is 18.1. The van der Waals surface area contributed by atoms with Crippen LogP contribution in [-0.2, 0) is 6.54 Å². The lowest BCUT2D eigenvalue weighted by Gasteiger charge is -2.25. The Kier molecular flexibility index (Phi) is 6.29. The van der Waals surface area contributed by atoms with Crippen molar-refractivity contribution in [3.05, 3.63) is 47.5 Å². The van der Waals surface area contributed by atoms with E-state index in [2.05, 4.69) is 17.6 Å². The molecule has 1 saturated heterocycles. The second-order valence-corrected chi connectivity index (χ2v) is 8.87. The van der Waals surface area contributed by atoms with Crippen molar-refractivity contribution in [3.8, 4) is 17.2 Å². The van der Waals surface area contributed by atoms with Gasteiger partial charge in [-0.3, -0.25) is 0 Å². The number of anilines is 1. The van der Waals surface area contributed by atoms with Gasteiger partial charge in [0.25, 0.3) is 0 Å². The van der Waals surface area contributed by atoms with Crippen molar-refractivity contribution >= 4 is 22.5 Å². The number of rotatable bonds is 7. The Morgan fingerprint density at radius 1 is 1.06 bits per heavy atom. The van der Waals surface area contributed by atoms with Gasteiger partial charge in [-0.25, -0.2) is 14.4 Å². The monoisotopic (exact) mass is 480 g/mol. The molecule has 2 N–H and O–H groups in total. The van der Waals surface area contributed by atoms with Gasteiger partial charge in [0, 0.05) is 42.1 Å². The van der Waals surface area contributed by atoms with E-state index >= 15 is 0 Å². The lowest BCUT2D eigenvalue weighted by atomic mass is 9.91. The summed E-state index contributed by atoms with van der Waals surface area (Å²) in [6.45, 7) is 4.43. The fourth-order valence-electron chi connectivity index (χ4n) is 4.59. The van der Waals surface area contributed by atoms with E-state index in [1.54, 1.807) is 24.8 Å². The molecule has 1 fully saturated rings. The Morgan fingerprint density at radius 3 is 2.63 bits per heavy atom. The maximum absolute atomic E-state index is 14.6. The third-order valence-corrected chi connectivity index (χ3v) is 6.43. The van der Waals surface area contributed by atoms with Gasteiger partial charge in [-0.05, 0) is 37.1 Å². The molecule has 1 aliphatic rings. The number of piperidine rings is 1. The standard InChI is InChI=1S/C25H29FN6O3/c1-14-7-16(12-27-11-14)23-30-24-18-9-19(26)22(35-4)10-20(18)29-25(32(24)31-23)28-13-15-5-6-17(33-2)8-21(15)34-3/h5-6,8-10,14,16,27H,7,11-13H2,1-4H3,(H,28,29)/t14-,16+/m0/s1. The first-order valence-corrected chi connectivity index (χ1v) is 11.6. The van der Waals surface area contributed by atoms with Crippen LogP contribution in [0.25, 0.3) is 16.6 Å². The van der Waals surface area contributed by atoms with E-state index in [0.29, 0.717) is 46.5 Å². The van der Waals surface area contributed by atoms with Crippen LogP contribution < -0.4 is 24.8 Å². The van der Waals surface area contributed by atoms with Gasteiger partial charge in [0.2, 0.25) is 5.95 Å². The highest BCUT2D eigenvalue weighted by Gasteiger charge is 2.25. The molecule has 0 radical (unpaired) electrons. The quantitative estimate of drug-likeness (QED) is 0.413. The summed E-state index contributed by atoms with van der Waals surface area (Å²) < 4.78 is 32.3. The molecule has 10 heteroatoms. The minimum Gasteiger partial charge on any atom is -0.497 e. The maximum Gasteiger partial charge on any atom is 0.226 e. The van der Waals surface area contributed by atoms with Crippen molar-refractivity contribution in [1.82, 2.24) is 24.9 Å². The average molecular weight is 481 g/mol. The van der Waals surface area contributed by atoms with Gasteiger partial charge in [-0.1, -0.05) is 6.92 Å². The van der Waals surface area contributed by atoms with Gasteiger partial charge in [0.15, 0.2) is 23.0 Å². The van der Waals surface area contributed by atoms with Gasteiger partial charge in [0.1, 0.15) is 11.5 Å². The molecule has 9 nitrogen and oxygen atoms in total. The van der Waals surface area contributed by atoms with Crippen LogP contribution in [0.4, 0.5) is 10.3 Å². The minimum absolute atomic E-state index is 0.127. The van der Waals surface area contributed by atoms with Crippen LogP contribution in [0.1, 0.15) is 30.7 Å². The second-order valence-electron chi connectivity index (χ2n) is 8.87. The third-order valence-electron chi connectivity index (χ3n) is 6.43. The number of halogens is 1. The predicted octanol–water partition coefficient (Wildman–Crippen LogP) is 3.77. The van der Waals surface area contributed by atoms with E-state index in [0.717, 1.165) is 30.9 Å². The highest BCUT2D eigenvalue weighted by molar-refractivity contribution is 5.93. The Balaban J connectivity index is 1.59. The number of nitrogens with zero attached hydrogens (tertiary/aromatic N) is 4. The van der Waals surface area contributed by atoms with Crippen LogP contribution in [0.3, 0.4) is 0 Å². The highest BCUT2D eigenvalue weighted by Crippen LogP contribution is 2.31. The fraction of sp³-hybridized carbons (Fsp3) is 0.400. The molecule has 2 aromatic carbocycles. The molecule has 0 aliphatic carbocycles.